The predicted molar refractivity (Wildman–Crippen MR) is 206 cm³/mol. The highest BCUT2D eigenvalue weighted by molar-refractivity contribution is 7.88. The molecular formula is C39H68BN5O7S. The summed E-state index contributed by atoms with van der Waals surface area (Å²) in [5.74, 6) is 0.926. The van der Waals surface area contributed by atoms with Gasteiger partial charge in [0.1, 0.15) is 12.1 Å². The normalized spacial score (nSPS) is 34.6. The number of nitrogens with zero attached hydrogens (tertiary/aromatic N) is 2. The Morgan fingerprint density at radius 2 is 1.58 bits per heavy atom. The fourth-order valence-electron chi connectivity index (χ4n) is 10.6. The van der Waals surface area contributed by atoms with Crippen molar-refractivity contribution in [1.29, 1.82) is 0 Å². The molecule has 0 aromatic heterocycles. The van der Waals surface area contributed by atoms with Crippen molar-refractivity contribution in [3.63, 3.8) is 0 Å². The molecule has 12 nitrogen and oxygen atoms in total. The molecule has 2 unspecified atom stereocenters. The lowest BCUT2D eigenvalue weighted by Gasteiger charge is -2.64. The Balaban J connectivity index is 1.20. The zero-order valence-corrected chi connectivity index (χ0v) is 35.5. The first-order valence-electron chi connectivity index (χ1n) is 20.1. The summed E-state index contributed by atoms with van der Waals surface area (Å²) in [4.78, 5) is 44.7. The summed E-state index contributed by atoms with van der Waals surface area (Å²) in [5.41, 5.74) is -1.43. The molecule has 2 aliphatic heterocycles. The van der Waals surface area contributed by atoms with E-state index in [1.54, 1.807) is 4.90 Å². The van der Waals surface area contributed by atoms with Gasteiger partial charge in [-0.2, -0.15) is 0 Å². The number of urea groups is 1. The minimum absolute atomic E-state index is 0.000540. The van der Waals surface area contributed by atoms with Crippen LogP contribution < -0.4 is 16.0 Å². The van der Waals surface area contributed by atoms with Crippen LogP contribution in [0.2, 0.25) is 0 Å². The number of amides is 4. The maximum Gasteiger partial charge on any atom is 0.481 e. The van der Waals surface area contributed by atoms with Gasteiger partial charge in [-0.3, -0.25) is 9.59 Å². The van der Waals surface area contributed by atoms with Gasteiger partial charge in [0.25, 0.3) is 0 Å². The van der Waals surface area contributed by atoms with E-state index >= 15 is 0 Å². The molecule has 10 atom stereocenters. The van der Waals surface area contributed by atoms with E-state index in [1.807, 2.05) is 41.5 Å². The maximum absolute atomic E-state index is 14.7. The third kappa shape index (κ3) is 7.41. The molecule has 0 radical (unpaired) electrons. The van der Waals surface area contributed by atoms with Gasteiger partial charge >= 0.3 is 13.1 Å². The van der Waals surface area contributed by atoms with Gasteiger partial charge in [0.05, 0.1) is 23.9 Å². The summed E-state index contributed by atoms with van der Waals surface area (Å²) in [6, 6.07) is -2.71. The van der Waals surface area contributed by atoms with Crippen molar-refractivity contribution in [2.75, 3.05) is 26.4 Å². The van der Waals surface area contributed by atoms with E-state index in [2.05, 4.69) is 50.6 Å². The molecule has 0 spiro atoms. The number of likely N-dealkylation sites (tertiary alicyclic amines) is 1. The highest BCUT2D eigenvalue weighted by Gasteiger charge is 2.71. The molecule has 3 N–H and O–H groups in total. The van der Waals surface area contributed by atoms with Crippen LogP contribution in [0.4, 0.5) is 4.79 Å². The van der Waals surface area contributed by atoms with Crippen molar-refractivity contribution < 1.29 is 32.1 Å². The number of hydrogen-bond donors (Lipinski definition) is 3. The molecule has 5 aliphatic carbocycles. The lowest BCUT2D eigenvalue weighted by molar-refractivity contribution is -0.199. The first-order valence-corrected chi connectivity index (χ1v) is 21.9. The van der Waals surface area contributed by atoms with Gasteiger partial charge in [-0.05, 0) is 77.4 Å². The Labute approximate surface area is 319 Å². The molecule has 4 amide bonds. The van der Waals surface area contributed by atoms with Crippen molar-refractivity contribution in [1.82, 2.24) is 25.2 Å². The third-order valence-electron chi connectivity index (χ3n) is 14.9. The van der Waals surface area contributed by atoms with Crippen molar-refractivity contribution in [2.45, 2.75) is 150 Å². The molecule has 5 saturated carbocycles. The van der Waals surface area contributed by atoms with Crippen LogP contribution >= 0.6 is 0 Å². The molecule has 2 heterocycles. The summed E-state index contributed by atoms with van der Waals surface area (Å²) in [6.45, 7) is 23.3. The number of sulfonamides is 1. The van der Waals surface area contributed by atoms with Gasteiger partial charge in [0, 0.05) is 26.2 Å². The highest BCUT2D eigenvalue weighted by Crippen LogP contribution is 2.66. The summed E-state index contributed by atoms with van der Waals surface area (Å²) in [7, 11) is -2.53. The fourth-order valence-corrected chi connectivity index (χ4v) is 11.0. The van der Waals surface area contributed by atoms with Gasteiger partial charge in [0.15, 0.2) is 0 Å². The van der Waals surface area contributed by atoms with Gasteiger partial charge in [0.2, 0.25) is 21.8 Å². The Kier molecular flexibility index (Phi) is 10.3. The summed E-state index contributed by atoms with van der Waals surface area (Å²) in [5, 5.41) is 9.32. The lowest BCUT2D eigenvalue weighted by Crippen LogP contribution is -2.65. The number of rotatable bonds is 11. The Morgan fingerprint density at radius 3 is 2.11 bits per heavy atom. The molecule has 53 heavy (non-hydrogen) atoms. The van der Waals surface area contributed by atoms with Crippen molar-refractivity contribution >= 4 is 35.0 Å². The average Bonchev–Trinajstić information content (AvgIpc) is 3.31. The molecule has 7 rings (SSSR count). The number of piperidine rings is 1. The number of fused-ring (bicyclic) bond motifs is 1. The van der Waals surface area contributed by atoms with Crippen molar-refractivity contribution in [2.24, 2.45) is 51.2 Å². The maximum atomic E-state index is 14.7. The van der Waals surface area contributed by atoms with E-state index in [0.717, 1.165) is 38.4 Å². The van der Waals surface area contributed by atoms with Crippen molar-refractivity contribution in [3.05, 3.63) is 0 Å². The van der Waals surface area contributed by atoms with E-state index in [9.17, 15) is 22.8 Å². The summed E-state index contributed by atoms with van der Waals surface area (Å²) < 4.78 is 39.3. The van der Waals surface area contributed by atoms with Crippen molar-refractivity contribution in [3.8, 4) is 0 Å². The summed E-state index contributed by atoms with van der Waals surface area (Å²) >= 11 is 0. The minimum atomic E-state index is -3.48. The van der Waals surface area contributed by atoms with Crippen LogP contribution in [0.25, 0.3) is 0 Å². The fraction of sp³-hybridized carbons (Fsp3) is 0.923. The summed E-state index contributed by atoms with van der Waals surface area (Å²) in [6.07, 6.45) is 7.51. The monoisotopic (exact) mass is 761 g/mol. The van der Waals surface area contributed by atoms with E-state index in [-0.39, 0.29) is 58.7 Å². The van der Waals surface area contributed by atoms with Crippen LogP contribution in [0, 0.1) is 51.2 Å². The average molecular weight is 762 g/mol. The molecule has 0 aromatic rings. The standard InChI is InChI=1S/C39H68BN5O7S/c1-35(2,3)26(21-44(12)53(13,49)50)41-34(48)43-31(36(4,5)6)33(47)45-20-24-29(38(24,9)10)30(45)32(46)42-28(17-22-15-14-16-22)40-51-27-19-23-18-25(37(23,7)8)39(27,11)52-40/h22-31H,14-21H2,1-13H3,(H,42,46)(H2,41,43,48)/t23?,24-,25?,26+,27+,28-,29-,30-,31+,39-/m0/s1. The second-order valence-corrected chi connectivity index (χ2v) is 23.3. The SMILES string of the molecule is CN(C[C@@H](NC(=O)N[C@H](C(=O)N1C[C@H]2[C@@H]([C@H]1C(=O)N[C@@H](CC1CCC1)B1O[C@@H]3CC4CC(C4(C)C)[C@]3(C)O1)C2(C)C)C(C)(C)C)C(C)(C)C)S(C)(=O)=O. The Bertz CT molecular complexity index is 1570. The van der Waals surface area contributed by atoms with Gasteiger partial charge < -0.3 is 30.2 Å². The van der Waals surface area contributed by atoms with Crippen LogP contribution in [-0.4, -0.2) is 105 Å². The number of hydrogen-bond acceptors (Lipinski definition) is 7. The van der Waals surface area contributed by atoms with E-state index < -0.39 is 52.1 Å². The third-order valence-corrected chi connectivity index (χ3v) is 16.2. The van der Waals surface area contributed by atoms with Crippen LogP contribution in [0.1, 0.15) is 115 Å². The number of nitrogens with one attached hydrogen (secondary N) is 3. The number of likely N-dealkylation sites (N-methyl/N-ethyl adjacent to an activating group) is 1. The molecule has 300 valence electrons. The lowest BCUT2D eigenvalue weighted by atomic mass is 9.43. The Morgan fingerprint density at radius 1 is 0.943 bits per heavy atom. The molecule has 14 heteroatoms. The predicted octanol–water partition coefficient (Wildman–Crippen LogP) is 4.43. The molecule has 2 saturated heterocycles. The first kappa shape index (κ1) is 40.8. The number of carbonyl (C=O) groups excluding carboxylic acids is 3. The second kappa shape index (κ2) is 13.4. The van der Waals surface area contributed by atoms with Crippen LogP contribution in [0.15, 0.2) is 0 Å². The largest absolute Gasteiger partial charge is 0.481 e. The quantitative estimate of drug-likeness (QED) is 0.264. The molecule has 7 aliphatic rings. The molecule has 0 aromatic carbocycles. The van der Waals surface area contributed by atoms with E-state index in [0.29, 0.717) is 24.3 Å². The smallest absolute Gasteiger partial charge is 0.404 e. The Hall–Kier alpha value is -1.90. The number of carbonyl (C=O) groups is 3. The van der Waals surface area contributed by atoms with E-state index in [4.69, 9.17) is 9.31 Å². The van der Waals surface area contributed by atoms with Crippen LogP contribution in [-0.2, 0) is 28.9 Å². The molecule has 2 bridgehead atoms. The van der Waals surface area contributed by atoms with Crippen LogP contribution in [0.5, 0.6) is 0 Å². The highest BCUT2D eigenvalue weighted by atomic mass is 32.2. The minimum Gasteiger partial charge on any atom is -0.404 e. The zero-order chi connectivity index (χ0) is 39.4. The molecular weight excluding hydrogens is 693 g/mol. The second-order valence-electron chi connectivity index (χ2n) is 21.3. The first-order chi connectivity index (χ1) is 24.2. The van der Waals surface area contributed by atoms with Gasteiger partial charge in [-0.25, -0.2) is 17.5 Å². The van der Waals surface area contributed by atoms with E-state index in [1.165, 1.54) is 17.8 Å². The topological polar surface area (TPSA) is 146 Å². The van der Waals surface area contributed by atoms with Gasteiger partial charge in [-0.1, -0.05) is 88.5 Å². The molecule has 7 fully saturated rings. The zero-order valence-electron chi connectivity index (χ0n) is 34.7. The van der Waals surface area contributed by atoms with Gasteiger partial charge in [-0.15, -0.1) is 0 Å². The van der Waals surface area contributed by atoms with Crippen LogP contribution in [0.3, 0.4) is 0 Å².